The first kappa shape index (κ1) is 25.1. The topological polar surface area (TPSA) is 134 Å². The lowest BCUT2D eigenvalue weighted by Crippen LogP contribution is -2.44. The van der Waals surface area contributed by atoms with Gasteiger partial charge in [-0.2, -0.15) is 17.9 Å². The van der Waals surface area contributed by atoms with Gasteiger partial charge in [0.25, 0.3) is 10.0 Å². The number of alkyl halides is 3. The lowest BCUT2D eigenvalue weighted by Gasteiger charge is -2.14. The van der Waals surface area contributed by atoms with E-state index in [0.29, 0.717) is 22.7 Å². The third kappa shape index (κ3) is 5.47. The van der Waals surface area contributed by atoms with E-state index in [0.717, 1.165) is 12.1 Å². The van der Waals surface area contributed by atoms with Gasteiger partial charge in [-0.25, -0.2) is 8.42 Å². The highest BCUT2D eigenvalue weighted by Crippen LogP contribution is 2.32. The maximum Gasteiger partial charge on any atom is 0.417 e. The van der Waals surface area contributed by atoms with E-state index in [-0.39, 0.29) is 28.6 Å². The van der Waals surface area contributed by atoms with E-state index < -0.39 is 33.7 Å². The van der Waals surface area contributed by atoms with Crippen molar-refractivity contribution in [3.8, 4) is 17.0 Å². The number of nitrogens with zero attached hydrogens (tertiary/aromatic N) is 2. The van der Waals surface area contributed by atoms with E-state index in [1.165, 1.54) is 49.6 Å². The van der Waals surface area contributed by atoms with Crippen LogP contribution in [0.3, 0.4) is 0 Å². The summed E-state index contributed by atoms with van der Waals surface area (Å²) in [6.45, 7) is 1.31. The third-order valence-electron chi connectivity index (χ3n) is 5.18. The van der Waals surface area contributed by atoms with E-state index in [1.54, 1.807) is 0 Å². The number of amides is 1. The number of fused-ring (bicyclic) bond motifs is 1. The minimum Gasteiger partial charge on any atom is -0.507 e. The average Bonchev–Trinajstić information content (AvgIpc) is 3.28. The van der Waals surface area contributed by atoms with E-state index in [9.17, 15) is 31.5 Å². The highest BCUT2D eigenvalue weighted by Gasteiger charge is 2.31. The Balaban J connectivity index is 1.42. The van der Waals surface area contributed by atoms with Gasteiger partial charge in [-0.15, -0.1) is 0 Å². The molecular formula is C23H19F3N4O5S. The van der Waals surface area contributed by atoms with Crippen LogP contribution < -0.4 is 10.0 Å². The first-order valence-electron chi connectivity index (χ1n) is 10.4. The zero-order valence-corrected chi connectivity index (χ0v) is 19.4. The lowest BCUT2D eigenvalue weighted by atomic mass is 10.1. The predicted octanol–water partition coefficient (Wildman–Crippen LogP) is 3.60. The van der Waals surface area contributed by atoms with Crippen molar-refractivity contribution in [2.24, 2.45) is 0 Å². The molecule has 0 aliphatic heterocycles. The maximum atomic E-state index is 12.8. The molecule has 0 unspecified atom stereocenters. The van der Waals surface area contributed by atoms with E-state index in [2.05, 4.69) is 20.0 Å². The molecule has 4 rings (SSSR count). The van der Waals surface area contributed by atoms with Crippen molar-refractivity contribution in [2.75, 3.05) is 0 Å². The molecule has 0 radical (unpaired) electrons. The number of carbonyl (C=O) groups excluding carboxylic acids is 1. The Morgan fingerprint density at radius 1 is 1.14 bits per heavy atom. The number of halogens is 3. The van der Waals surface area contributed by atoms with Crippen molar-refractivity contribution >= 4 is 26.9 Å². The van der Waals surface area contributed by atoms with Crippen LogP contribution in [0.2, 0.25) is 0 Å². The minimum absolute atomic E-state index is 0.0465. The Bertz CT molecular complexity index is 1490. The molecule has 3 N–H and O–H groups in total. The monoisotopic (exact) mass is 520 g/mol. The Kier molecular flexibility index (Phi) is 6.69. The fourth-order valence-corrected chi connectivity index (χ4v) is 4.47. The van der Waals surface area contributed by atoms with Crippen LogP contribution in [0.15, 0.2) is 70.6 Å². The fourth-order valence-electron chi connectivity index (χ4n) is 3.30. The van der Waals surface area contributed by atoms with Gasteiger partial charge in [-0.05, 0) is 42.8 Å². The minimum atomic E-state index is -4.54. The normalized spacial score (nSPS) is 13.0. The van der Waals surface area contributed by atoms with Crippen LogP contribution >= 0.6 is 0 Å². The summed E-state index contributed by atoms with van der Waals surface area (Å²) in [4.78, 5) is 20.2. The van der Waals surface area contributed by atoms with Crippen LogP contribution in [0, 0.1) is 0 Å². The average molecular weight is 520 g/mol. The molecule has 0 aliphatic rings. The quantitative estimate of drug-likeness (QED) is 0.339. The molecule has 1 atom stereocenters. The van der Waals surface area contributed by atoms with Crippen molar-refractivity contribution in [3.05, 3.63) is 72.2 Å². The van der Waals surface area contributed by atoms with Crippen LogP contribution in [0.1, 0.15) is 18.1 Å². The summed E-state index contributed by atoms with van der Waals surface area (Å²) >= 11 is 0. The molecule has 3 aromatic heterocycles. The highest BCUT2D eigenvalue weighted by atomic mass is 32.2. The fraction of sp³-hybridized carbons (Fsp3) is 0.174. The van der Waals surface area contributed by atoms with Gasteiger partial charge in [0.2, 0.25) is 11.0 Å². The molecule has 188 valence electrons. The number of nitrogens with one attached hydrogen (secondary N) is 2. The molecule has 0 saturated carbocycles. The standard InChI is InChI=1S/C23H19F3N4O5S/c1-13(30-36(33,34)21-9-15-11-27-7-6-20(15)35-21)22(32)29-10-14-2-5-19(31)17(8-14)18-4-3-16(12-28-18)23(24,25)26/h2-9,11-13,30-31H,10H2,1H3,(H,29,32)/t13-/m0/s1. The second kappa shape index (κ2) is 9.59. The van der Waals surface area contributed by atoms with Crippen molar-refractivity contribution in [1.29, 1.82) is 0 Å². The summed E-state index contributed by atoms with van der Waals surface area (Å²) in [7, 11) is -4.14. The van der Waals surface area contributed by atoms with Crippen LogP contribution in [0.5, 0.6) is 5.75 Å². The van der Waals surface area contributed by atoms with Gasteiger partial charge < -0.3 is 14.8 Å². The number of carbonyl (C=O) groups is 1. The van der Waals surface area contributed by atoms with Crippen molar-refractivity contribution in [1.82, 2.24) is 20.0 Å². The number of sulfonamides is 1. The zero-order valence-electron chi connectivity index (χ0n) is 18.6. The first-order valence-corrected chi connectivity index (χ1v) is 11.9. The highest BCUT2D eigenvalue weighted by molar-refractivity contribution is 7.89. The van der Waals surface area contributed by atoms with E-state index in [4.69, 9.17) is 4.42 Å². The number of pyridine rings is 2. The molecule has 13 heteroatoms. The molecule has 1 amide bonds. The Labute approximate surface area is 203 Å². The van der Waals surface area contributed by atoms with Gasteiger partial charge in [0.1, 0.15) is 11.3 Å². The molecule has 4 aromatic rings. The molecule has 0 saturated heterocycles. The summed E-state index contributed by atoms with van der Waals surface area (Å²) in [6.07, 6.45) is -0.983. The molecule has 1 aromatic carbocycles. The second-order valence-corrected chi connectivity index (χ2v) is 9.47. The molecule has 36 heavy (non-hydrogen) atoms. The summed E-state index contributed by atoms with van der Waals surface area (Å²) in [5.74, 6) is -0.849. The molecule has 0 fully saturated rings. The Hall–Kier alpha value is -3.97. The van der Waals surface area contributed by atoms with Crippen molar-refractivity contribution in [2.45, 2.75) is 30.8 Å². The SMILES string of the molecule is C[C@H](NS(=O)(=O)c1cc2cnccc2o1)C(=O)NCc1ccc(O)c(-c2ccc(C(F)(F)F)cn2)c1. The van der Waals surface area contributed by atoms with Gasteiger partial charge in [-0.1, -0.05) is 6.07 Å². The molecule has 0 spiro atoms. The first-order chi connectivity index (χ1) is 16.9. The van der Waals surface area contributed by atoms with E-state index >= 15 is 0 Å². The van der Waals surface area contributed by atoms with Crippen molar-refractivity contribution < 1.29 is 35.9 Å². The largest absolute Gasteiger partial charge is 0.507 e. The molecule has 9 nitrogen and oxygen atoms in total. The number of aromatic nitrogens is 2. The number of aromatic hydroxyl groups is 1. The lowest BCUT2D eigenvalue weighted by molar-refractivity contribution is -0.137. The predicted molar refractivity (Wildman–Crippen MR) is 122 cm³/mol. The van der Waals surface area contributed by atoms with Gasteiger partial charge >= 0.3 is 6.18 Å². The number of hydrogen-bond acceptors (Lipinski definition) is 7. The van der Waals surface area contributed by atoms with E-state index in [1.807, 2.05) is 0 Å². The van der Waals surface area contributed by atoms with Crippen LogP contribution in [-0.2, 0) is 27.5 Å². The van der Waals surface area contributed by atoms with Gasteiger partial charge in [0, 0.05) is 42.2 Å². The smallest absolute Gasteiger partial charge is 0.417 e. The number of rotatable bonds is 7. The molecule has 0 aliphatic carbocycles. The summed E-state index contributed by atoms with van der Waals surface area (Å²) < 4.78 is 71.1. The number of phenolic OH excluding ortho intramolecular Hbond substituents is 1. The second-order valence-electron chi connectivity index (χ2n) is 7.82. The van der Waals surface area contributed by atoms with Crippen LogP contribution in [0.25, 0.3) is 22.2 Å². The van der Waals surface area contributed by atoms with Gasteiger partial charge in [0.05, 0.1) is 17.3 Å². The summed E-state index contributed by atoms with van der Waals surface area (Å²) in [5, 5.41) is 12.8. The molecular weight excluding hydrogens is 501 g/mol. The number of hydrogen-bond donors (Lipinski definition) is 3. The number of furan rings is 1. The number of phenols is 1. The van der Waals surface area contributed by atoms with Crippen molar-refractivity contribution in [3.63, 3.8) is 0 Å². The zero-order chi connectivity index (χ0) is 26.1. The molecule has 0 bridgehead atoms. The van der Waals surface area contributed by atoms with Crippen LogP contribution in [0.4, 0.5) is 13.2 Å². The molecule has 3 heterocycles. The third-order valence-corrected chi connectivity index (χ3v) is 6.57. The summed E-state index contributed by atoms with van der Waals surface area (Å²) in [5.41, 5.74) is 0.176. The summed E-state index contributed by atoms with van der Waals surface area (Å²) in [6, 6.07) is 7.91. The Morgan fingerprint density at radius 2 is 1.92 bits per heavy atom. The number of benzene rings is 1. The van der Waals surface area contributed by atoms with Crippen LogP contribution in [-0.4, -0.2) is 35.4 Å². The van der Waals surface area contributed by atoms with Gasteiger partial charge in [-0.3, -0.25) is 14.8 Å². The Morgan fingerprint density at radius 3 is 2.58 bits per heavy atom. The maximum absolute atomic E-state index is 12.8. The van der Waals surface area contributed by atoms with Gasteiger partial charge in [0.15, 0.2) is 0 Å².